The van der Waals surface area contributed by atoms with Crippen LogP contribution in [0.25, 0.3) is 22.3 Å². The van der Waals surface area contributed by atoms with Crippen LogP contribution in [-0.2, 0) is 0 Å². The Morgan fingerprint density at radius 2 is 2.31 bits per heavy atom. The lowest BCUT2D eigenvalue weighted by atomic mass is 10.2. The lowest BCUT2D eigenvalue weighted by molar-refractivity contribution is 1.32. The number of fused-ring (bicyclic) bond motifs is 1. The number of nitrogen functional groups attached to an aromatic ring is 1. The topological polar surface area (TPSA) is 67.6 Å². The second-order valence-corrected chi connectivity index (χ2v) is 4.59. The molecule has 0 aliphatic heterocycles. The van der Waals surface area contributed by atoms with Gasteiger partial charge in [0.1, 0.15) is 5.65 Å². The second-order valence-electron chi connectivity index (χ2n) is 3.29. The summed E-state index contributed by atoms with van der Waals surface area (Å²) in [6.45, 7) is 0. The van der Waals surface area contributed by atoms with Crippen molar-refractivity contribution >= 4 is 39.1 Å². The largest absolute Gasteiger partial charge is 0.375 e. The first-order valence-electron chi connectivity index (χ1n) is 4.58. The molecule has 0 spiro atoms. The van der Waals surface area contributed by atoms with Gasteiger partial charge in [0.15, 0.2) is 5.13 Å². The Kier molecular flexibility index (Phi) is 2.08. The molecule has 80 valence electrons. The molecule has 16 heavy (non-hydrogen) atoms. The molecule has 0 saturated carbocycles. The van der Waals surface area contributed by atoms with Crippen LogP contribution in [0.1, 0.15) is 0 Å². The third-order valence-corrected chi connectivity index (χ3v) is 3.31. The van der Waals surface area contributed by atoms with Gasteiger partial charge in [0, 0.05) is 28.7 Å². The van der Waals surface area contributed by atoms with E-state index in [1.54, 1.807) is 12.3 Å². The number of H-pyrrole nitrogens is 1. The van der Waals surface area contributed by atoms with E-state index in [1.807, 2.05) is 11.6 Å². The Morgan fingerprint density at radius 1 is 1.44 bits per heavy atom. The average Bonchev–Trinajstić information content (AvgIpc) is 2.84. The Morgan fingerprint density at radius 3 is 3.06 bits per heavy atom. The average molecular weight is 251 g/mol. The zero-order valence-corrected chi connectivity index (χ0v) is 9.64. The summed E-state index contributed by atoms with van der Waals surface area (Å²) in [4.78, 5) is 11.5. The molecule has 0 fully saturated rings. The fourth-order valence-electron chi connectivity index (χ4n) is 1.63. The number of aromatic nitrogens is 3. The van der Waals surface area contributed by atoms with E-state index in [0.29, 0.717) is 10.2 Å². The smallest absolute Gasteiger partial charge is 0.180 e. The highest BCUT2D eigenvalue weighted by Crippen LogP contribution is 2.33. The van der Waals surface area contributed by atoms with E-state index >= 15 is 0 Å². The molecule has 0 saturated heterocycles. The molecule has 6 heteroatoms. The van der Waals surface area contributed by atoms with Crippen LogP contribution in [0.5, 0.6) is 0 Å². The van der Waals surface area contributed by atoms with Gasteiger partial charge in [0.2, 0.25) is 0 Å². The Bertz CT molecular complexity index is 658. The number of hydrogen-bond donors (Lipinski definition) is 2. The summed E-state index contributed by atoms with van der Waals surface area (Å²) in [5.41, 5.74) is 8.13. The molecule has 0 atom stereocenters. The lowest BCUT2D eigenvalue weighted by Gasteiger charge is -1.96. The molecule has 3 aromatic heterocycles. The van der Waals surface area contributed by atoms with E-state index < -0.39 is 0 Å². The highest BCUT2D eigenvalue weighted by Gasteiger charge is 2.12. The molecule has 3 aromatic rings. The predicted octanol–water partition coefficient (Wildman–Crippen LogP) is 2.92. The first-order valence-corrected chi connectivity index (χ1v) is 5.84. The maximum absolute atomic E-state index is 6.14. The van der Waals surface area contributed by atoms with Gasteiger partial charge in [-0.25, -0.2) is 9.97 Å². The van der Waals surface area contributed by atoms with E-state index in [9.17, 15) is 0 Å². The molecule has 0 aliphatic carbocycles. The predicted molar refractivity (Wildman–Crippen MR) is 66.6 cm³/mol. The summed E-state index contributed by atoms with van der Waals surface area (Å²) in [7, 11) is 0. The van der Waals surface area contributed by atoms with Crippen LogP contribution in [0, 0.1) is 0 Å². The van der Waals surface area contributed by atoms with Crippen LogP contribution in [-0.4, -0.2) is 15.0 Å². The van der Waals surface area contributed by atoms with E-state index in [-0.39, 0.29) is 0 Å². The molecule has 0 unspecified atom stereocenters. The van der Waals surface area contributed by atoms with Crippen molar-refractivity contribution in [1.29, 1.82) is 0 Å². The lowest BCUT2D eigenvalue weighted by Crippen LogP contribution is -1.82. The molecular formula is C10H7ClN4S. The monoisotopic (exact) mass is 250 g/mol. The number of anilines is 1. The van der Waals surface area contributed by atoms with Gasteiger partial charge in [-0.2, -0.15) is 0 Å². The standard InChI is InChI=1S/C10H7ClN4S/c11-6-1-2-13-9-8(6)5(3-14-9)7-4-16-10(12)15-7/h1-4H,(H2,12,15)(H,13,14). The molecule has 4 nitrogen and oxygen atoms in total. The van der Waals surface area contributed by atoms with E-state index in [1.165, 1.54) is 11.3 Å². The number of nitrogens with zero attached hydrogens (tertiary/aromatic N) is 2. The van der Waals surface area contributed by atoms with E-state index in [0.717, 1.165) is 22.3 Å². The second kappa shape index (κ2) is 3.47. The van der Waals surface area contributed by atoms with Crippen molar-refractivity contribution in [2.45, 2.75) is 0 Å². The minimum atomic E-state index is 0.546. The molecule has 0 aliphatic rings. The third-order valence-electron chi connectivity index (χ3n) is 2.32. The van der Waals surface area contributed by atoms with Gasteiger partial charge < -0.3 is 10.7 Å². The van der Waals surface area contributed by atoms with Crippen molar-refractivity contribution in [3.8, 4) is 11.3 Å². The maximum atomic E-state index is 6.14. The van der Waals surface area contributed by atoms with Crippen molar-refractivity contribution in [2.24, 2.45) is 0 Å². The van der Waals surface area contributed by atoms with Gasteiger partial charge in [-0.05, 0) is 6.07 Å². The molecule has 3 rings (SSSR count). The summed E-state index contributed by atoms with van der Waals surface area (Å²) in [5, 5.41) is 3.99. The highest BCUT2D eigenvalue weighted by atomic mass is 35.5. The van der Waals surface area contributed by atoms with Crippen LogP contribution in [0.2, 0.25) is 5.02 Å². The third kappa shape index (κ3) is 1.36. The molecule has 0 aromatic carbocycles. The normalized spacial score (nSPS) is 11.1. The minimum Gasteiger partial charge on any atom is -0.375 e. The van der Waals surface area contributed by atoms with E-state index in [2.05, 4.69) is 15.0 Å². The Labute approximate surface area is 100 Å². The van der Waals surface area contributed by atoms with Crippen molar-refractivity contribution in [1.82, 2.24) is 15.0 Å². The number of rotatable bonds is 1. The highest BCUT2D eigenvalue weighted by molar-refractivity contribution is 7.13. The van der Waals surface area contributed by atoms with Gasteiger partial charge in [0.25, 0.3) is 0 Å². The van der Waals surface area contributed by atoms with Gasteiger partial charge in [-0.15, -0.1) is 11.3 Å². The number of halogens is 1. The van der Waals surface area contributed by atoms with Gasteiger partial charge in [0.05, 0.1) is 10.7 Å². The van der Waals surface area contributed by atoms with Gasteiger partial charge in [-0.1, -0.05) is 11.6 Å². The van der Waals surface area contributed by atoms with Crippen molar-refractivity contribution < 1.29 is 0 Å². The molecule has 3 heterocycles. The first kappa shape index (κ1) is 9.62. The summed E-state index contributed by atoms with van der Waals surface area (Å²) in [5.74, 6) is 0. The Balaban J connectivity index is 2.32. The molecule has 0 bridgehead atoms. The SMILES string of the molecule is Nc1nc(-c2c[nH]c3nccc(Cl)c23)cs1. The molecule has 0 amide bonds. The van der Waals surface area contributed by atoms with Crippen LogP contribution >= 0.6 is 22.9 Å². The summed E-state index contributed by atoms with van der Waals surface area (Å²) in [6, 6.07) is 1.76. The van der Waals surface area contributed by atoms with Crippen LogP contribution in [0.4, 0.5) is 5.13 Å². The summed E-state index contributed by atoms with van der Waals surface area (Å²) in [6.07, 6.45) is 3.51. The number of nitrogens with one attached hydrogen (secondary N) is 1. The summed E-state index contributed by atoms with van der Waals surface area (Å²) < 4.78 is 0. The minimum absolute atomic E-state index is 0.546. The first-order chi connectivity index (χ1) is 7.75. The van der Waals surface area contributed by atoms with E-state index in [4.69, 9.17) is 17.3 Å². The van der Waals surface area contributed by atoms with Crippen LogP contribution in [0.3, 0.4) is 0 Å². The van der Waals surface area contributed by atoms with Gasteiger partial charge >= 0.3 is 0 Å². The van der Waals surface area contributed by atoms with Crippen molar-refractivity contribution in [3.63, 3.8) is 0 Å². The number of pyridine rings is 1. The fourth-order valence-corrected chi connectivity index (χ4v) is 2.44. The molecular weight excluding hydrogens is 244 g/mol. The van der Waals surface area contributed by atoms with Gasteiger partial charge in [-0.3, -0.25) is 0 Å². The number of aromatic amines is 1. The fraction of sp³-hybridized carbons (Fsp3) is 0. The number of hydrogen-bond acceptors (Lipinski definition) is 4. The number of nitrogens with two attached hydrogens (primary N) is 1. The van der Waals surface area contributed by atoms with Crippen LogP contribution in [0.15, 0.2) is 23.8 Å². The zero-order valence-electron chi connectivity index (χ0n) is 8.07. The Hall–Kier alpha value is -1.59. The van der Waals surface area contributed by atoms with Crippen molar-refractivity contribution in [3.05, 3.63) is 28.9 Å². The zero-order chi connectivity index (χ0) is 11.1. The maximum Gasteiger partial charge on any atom is 0.180 e. The molecule has 3 N–H and O–H groups in total. The summed E-state index contributed by atoms with van der Waals surface area (Å²) >= 11 is 7.55. The quantitative estimate of drug-likeness (QED) is 0.698. The van der Waals surface area contributed by atoms with Crippen LogP contribution < -0.4 is 5.73 Å². The molecule has 0 radical (unpaired) electrons. The van der Waals surface area contributed by atoms with Crippen molar-refractivity contribution in [2.75, 3.05) is 5.73 Å². The number of thiazole rings is 1.